The highest BCUT2D eigenvalue weighted by Gasteiger charge is 2.03. The van der Waals surface area contributed by atoms with Gasteiger partial charge in [-0.3, -0.25) is 0 Å². The van der Waals surface area contributed by atoms with Crippen LogP contribution in [-0.2, 0) is 0 Å². The van der Waals surface area contributed by atoms with Gasteiger partial charge in [-0.15, -0.1) is 0 Å². The van der Waals surface area contributed by atoms with Crippen molar-refractivity contribution in [2.24, 2.45) is 5.73 Å². The first-order valence-electron chi connectivity index (χ1n) is 3.91. The Morgan fingerprint density at radius 3 is 2.69 bits per heavy atom. The van der Waals surface area contributed by atoms with Crippen molar-refractivity contribution in [2.45, 2.75) is 6.92 Å². The van der Waals surface area contributed by atoms with E-state index in [1.807, 2.05) is 6.92 Å². The first kappa shape index (κ1) is 9.58. The maximum Gasteiger partial charge on any atom is 0.165 e. The number of rotatable bonds is 2. The summed E-state index contributed by atoms with van der Waals surface area (Å²) in [6.45, 7) is 1.82. The Morgan fingerprint density at radius 2 is 2.23 bits per heavy atom. The van der Waals surface area contributed by atoms with Gasteiger partial charge < -0.3 is 10.5 Å². The van der Waals surface area contributed by atoms with Gasteiger partial charge in [-0.05, 0) is 36.4 Å². The molecular weight excluding hydrogens is 169 g/mol. The molecule has 1 aromatic rings. The summed E-state index contributed by atoms with van der Waals surface area (Å²) in [4.78, 5) is 0. The number of hydrogen-bond acceptors (Lipinski definition) is 2. The number of allylic oxidation sites excluding steroid dienone is 1. The highest BCUT2D eigenvalue weighted by molar-refractivity contribution is 5.63. The second kappa shape index (κ2) is 3.94. The topological polar surface area (TPSA) is 35.2 Å². The lowest BCUT2D eigenvalue weighted by atomic mass is 10.1. The standard InChI is InChI=1S/C10H12FNO/c1-7(6-12)8-3-4-10(13-2)9(11)5-8/h3-6H,12H2,1-2H3/b7-6+. The van der Waals surface area contributed by atoms with Crippen LogP contribution >= 0.6 is 0 Å². The molecule has 0 aliphatic carbocycles. The Hall–Kier alpha value is -1.51. The van der Waals surface area contributed by atoms with Gasteiger partial charge in [0.2, 0.25) is 0 Å². The number of methoxy groups -OCH3 is 1. The molecule has 0 aliphatic heterocycles. The maximum atomic E-state index is 13.2. The molecule has 1 rings (SSSR count). The number of ether oxygens (including phenoxy) is 1. The lowest BCUT2D eigenvalue weighted by Crippen LogP contribution is -1.91. The molecule has 0 atom stereocenters. The van der Waals surface area contributed by atoms with E-state index in [0.29, 0.717) is 0 Å². The van der Waals surface area contributed by atoms with E-state index in [1.165, 1.54) is 19.4 Å². The molecule has 0 amide bonds. The Bertz CT molecular complexity index is 334. The minimum absolute atomic E-state index is 0.244. The molecule has 70 valence electrons. The molecule has 0 fully saturated rings. The summed E-state index contributed by atoms with van der Waals surface area (Å²) in [5, 5.41) is 0. The number of halogens is 1. The van der Waals surface area contributed by atoms with E-state index in [9.17, 15) is 4.39 Å². The SMILES string of the molecule is COc1ccc(/C(C)=C/N)cc1F. The van der Waals surface area contributed by atoms with Crippen molar-refractivity contribution in [2.75, 3.05) is 7.11 Å². The van der Waals surface area contributed by atoms with Crippen LogP contribution in [0.3, 0.4) is 0 Å². The molecule has 0 heterocycles. The van der Waals surface area contributed by atoms with E-state index in [-0.39, 0.29) is 11.6 Å². The van der Waals surface area contributed by atoms with Gasteiger partial charge in [0, 0.05) is 0 Å². The summed E-state index contributed by atoms with van der Waals surface area (Å²) >= 11 is 0. The van der Waals surface area contributed by atoms with Gasteiger partial charge in [-0.1, -0.05) is 6.07 Å². The third-order valence-electron chi connectivity index (χ3n) is 1.86. The predicted molar refractivity (Wildman–Crippen MR) is 50.8 cm³/mol. The molecular formula is C10H12FNO. The van der Waals surface area contributed by atoms with Crippen molar-refractivity contribution in [1.29, 1.82) is 0 Å². The van der Waals surface area contributed by atoms with Crippen LogP contribution in [0.5, 0.6) is 5.75 Å². The van der Waals surface area contributed by atoms with Gasteiger partial charge in [-0.2, -0.15) is 0 Å². The van der Waals surface area contributed by atoms with Crippen molar-refractivity contribution in [3.05, 3.63) is 35.8 Å². The van der Waals surface area contributed by atoms with Crippen LogP contribution in [0.4, 0.5) is 4.39 Å². The number of benzene rings is 1. The maximum absolute atomic E-state index is 13.2. The lowest BCUT2D eigenvalue weighted by molar-refractivity contribution is 0.386. The first-order valence-corrected chi connectivity index (χ1v) is 3.91. The van der Waals surface area contributed by atoms with Crippen LogP contribution in [-0.4, -0.2) is 7.11 Å². The summed E-state index contributed by atoms with van der Waals surface area (Å²) < 4.78 is 17.9. The Kier molecular flexibility index (Phi) is 2.90. The van der Waals surface area contributed by atoms with Crippen LogP contribution in [0.1, 0.15) is 12.5 Å². The van der Waals surface area contributed by atoms with Crippen molar-refractivity contribution >= 4 is 5.57 Å². The molecule has 0 aromatic heterocycles. The molecule has 3 heteroatoms. The Balaban J connectivity index is 3.10. The quantitative estimate of drug-likeness (QED) is 0.758. The van der Waals surface area contributed by atoms with Crippen molar-refractivity contribution < 1.29 is 9.13 Å². The fraction of sp³-hybridized carbons (Fsp3) is 0.200. The van der Waals surface area contributed by atoms with E-state index in [2.05, 4.69) is 0 Å². The first-order chi connectivity index (χ1) is 6.19. The highest BCUT2D eigenvalue weighted by Crippen LogP contribution is 2.21. The predicted octanol–water partition coefficient (Wildman–Crippen LogP) is 2.15. The number of nitrogens with two attached hydrogens (primary N) is 1. The van der Waals surface area contributed by atoms with Gasteiger partial charge in [0.15, 0.2) is 11.6 Å². The van der Waals surface area contributed by atoms with Gasteiger partial charge >= 0.3 is 0 Å². The molecule has 0 saturated carbocycles. The van der Waals surface area contributed by atoms with Gasteiger partial charge in [0.1, 0.15) is 0 Å². The monoisotopic (exact) mass is 181 g/mol. The van der Waals surface area contributed by atoms with Crippen LogP contribution in [0.25, 0.3) is 5.57 Å². The molecule has 2 nitrogen and oxygen atoms in total. The third kappa shape index (κ3) is 1.99. The molecule has 0 spiro atoms. The highest BCUT2D eigenvalue weighted by atomic mass is 19.1. The molecule has 0 radical (unpaired) electrons. The fourth-order valence-corrected chi connectivity index (χ4v) is 1.01. The van der Waals surface area contributed by atoms with E-state index < -0.39 is 0 Å². The summed E-state index contributed by atoms with van der Waals surface area (Å²) in [5.41, 5.74) is 6.91. The molecule has 0 aliphatic rings. The normalized spacial score (nSPS) is 11.5. The minimum Gasteiger partial charge on any atom is -0.494 e. The second-order valence-electron chi connectivity index (χ2n) is 2.70. The summed E-state index contributed by atoms with van der Waals surface area (Å²) in [6, 6.07) is 4.75. The van der Waals surface area contributed by atoms with E-state index >= 15 is 0 Å². The van der Waals surface area contributed by atoms with Gasteiger partial charge in [0.25, 0.3) is 0 Å². The average Bonchev–Trinajstić information content (AvgIpc) is 2.16. The molecule has 0 saturated heterocycles. The zero-order chi connectivity index (χ0) is 9.84. The lowest BCUT2D eigenvalue weighted by Gasteiger charge is -2.04. The summed E-state index contributed by atoms with van der Waals surface area (Å²) in [5.74, 6) is -0.130. The second-order valence-corrected chi connectivity index (χ2v) is 2.70. The van der Waals surface area contributed by atoms with E-state index in [0.717, 1.165) is 11.1 Å². The van der Waals surface area contributed by atoms with Crippen LogP contribution in [0, 0.1) is 5.82 Å². The summed E-state index contributed by atoms with van der Waals surface area (Å²) in [7, 11) is 1.43. The zero-order valence-electron chi connectivity index (χ0n) is 7.67. The average molecular weight is 181 g/mol. The summed E-state index contributed by atoms with van der Waals surface area (Å²) in [6.07, 6.45) is 1.45. The minimum atomic E-state index is -0.374. The van der Waals surface area contributed by atoms with Gasteiger partial charge in [0.05, 0.1) is 7.11 Å². The largest absolute Gasteiger partial charge is 0.494 e. The van der Waals surface area contributed by atoms with Crippen LogP contribution in [0.2, 0.25) is 0 Å². The molecule has 1 aromatic carbocycles. The fourth-order valence-electron chi connectivity index (χ4n) is 1.01. The van der Waals surface area contributed by atoms with Crippen LogP contribution < -0.4 is 10.5 Å². The smallest absolute Gasteiger partial charge is 0.165 e. The number of hydrogen-bond donors (Lipinski definition) is 1. The van der Waals surface area contributed by atoms with E-state index in [1.54, 1.807) is 12.1 Å². The van der Waals surface area contributed by atoms with Crippen molar-refractivity contribution in [3.63, 3.8) is 0 Å². The van der Waals surface area contributed by atoms with E-state index in [4.69, 9.17) is 10.5 Å². The molecule has 13 heavy (non-hydrogen) atoms. The molecule has 0 bridgehead atoms. The zero-order valence-corrected chi connectivity index (χ0v) is 7.67. The van der Waals surface area contributed by atoms with Crippen molar-refractivity contribution in [3.8, 4) is 5.75 Å². The molecule has 2 N–H and O–H groups in total. The van der Waals surface area contributed by atoms with Gasteiger partial charge in [-0.25, -0.2) is 4.39 Å². The molecule has 0 unspecified atom stereocenters. The Labute approximate surface area is 76.8 Å². The van der Waals surface area contributed by atoms with Crippen LogP contribution in [0.15, 0.2) is 24.4 Å². The van der Waals surface area contributed by atoms with Crippen molar-refractivity contribution in [1.82, 2.24) is 0 Å². The third-order valence-corrected chi connectivity index (χ3v) is 1.86. The Morgan fingerprint density at radius 1 is 1.54 bits per heavy atom.